The highest BCUT2D eigenvalue weighted by Gasteiger charge is 2.23. The molecule has 0 aliphatic rings. The molecule has 0 aromatic heterocycles. The summed E-state index contributed by atoms with van der Waals surface area (Å²) >= 11 is 0. The fourth-order valence-corrected chi connectivity index (χ4v) is 2.29. The first kappa shape index (κ1) is 14.4. The topological polar surface area (TPSA) is 17.1 Å². The summed E-state index contributed by atoms with van der Waals surface area (Å²) in [5, 5.41) is 0. The van der Waals surface area contributed by atoms with E-state index in [4.69, 9.17) is 0 Å². The molecular formula is C17H16F2O. The van der Waals surface area contributed by atoms with Gasteiger partial charge in [-0.3, -0.25) is 4.79 Å². The van der Waals surface area contributed by atoms with Crippen LogP contribution in [0.1, 0.15) is 40.7 Å². The summed E-state index contributed by atoms with van der Waals surface area (Å²) in [5.74, 6) is -2.14. The van der Waals surface area contributed by atoms with Crippen molar-refractivity contribution in [2.45, 2.75) is 26.2 Å². The first-order chi connectivity index (χ1) is 9.54. The average molecular weight is 274 g/mol. The van der Waals surface area contributed by atoms with E-state index in [1.807, 2.05) is 37.3 Å². The molecule has 20 heavy (non-hydrogen) atoms. The second-order valence-electron chi connectivity index (χ2n) is 4.82. The van der Waals surface area contributed by atoms with Crippen LogP contribution < -0.4 is 0 Å². The molecule has 0 bridgehead atoms. The molecule has 0 saturated carbocycles. The van der Waals surface area contributed by atoms with Gasteiger partial charge in [-0.15, -0.1) is 0 Å². The Balaban J connectivity index is 2.42. The van der Waals surface area contributed by atoms with Gasteiger partial charge >= 0.3 is 0 Å². The Morgan fingerprint density at radius 2 is 1.75 bits per heavy atom. The van der Waals surface area contributed by atoms with E-state index < -0.39 is 17.6 Å². The Kier molecular flexibility index (Phi) is 4.28. The van der Waals surface area contributed by atoms with Gasteiger partial charge in [-0.05, 0) is 30.5 Å². The van der Waals surface area contributed by atoms with Crippen molar-refractivity contribution in [3.63, 3.8) is 0 Å². The molecular weight excluding hydrogens is 258 g/mol. The summed E-state index contributed by atoms with van der Waals surface area (Å²) in [4.78, 5) is 12.5. The maximum Gasteiger partial charge on any atom is 0.173 e. The molecule has 2 aromatic carbocycles. The van der Waals surface area contributed by atoms with Crippen molar-refractivity contribution in [1.29, 1.82) is 0 Å². The van der Waals surface area contributed by atoms with Gasteiger partial charge in [-0.2, -0.15) is 0 Å². The molecule has 1 nitrogen and oxygen atoms in total. The highest BCUT2D eigenvalue weighted by atomic mass is 19.1. The number of hydrogen-bond donors (Lipinski definition) is 0. The largest absolute Gasteiger partial charge is 0.293 e. The summed E-state index contributed by atoms with van der Waals surface area (Å²) in [6.07, 6.45) is 0.568. The van der Waals surface area contributed by atoms with E-state index in [1.165, 1.54) is 13.0 Å². The molecule has 0 radical (unpaired) electrons. The summed E-state index contributed by atoms with van der Waals surface area (Å²) in [7, 11) is 0. The minimum absolute atomic E-state index is 0.0420. The van der Waals surface area contributed by atoms with Gasteiger partial charge < -0.3 is 0 Å². The molecule has 1 unspecified atom stereocenters. The molecule has 0 amide bonds. The molecule has 104 valence electrons. The van der Waals surface area contributed by atoms with Crippen molar-refractivity contribution in [1.82, 2.24) is 0 Å². The van der Waals surface area contributed by atoms with Gasteiger partial charge in [-0.25, -0.2) is 8.78 Å². The predicted octanol–water partition coefficient (Wildman–Crippen LogP) is 4.65. The first-order valence-corrected chi connectivity index (χ1v) is 6.59. The van der Waals surface area contributed by atoms with Crippen molar-refractivity contribution in [3.8, 4) is 0 Å². The van der Waals surface area contributed by atoms with E-state index in [9.17, 15) is 13.6 Å². The Morgan fingerprint density at radius 3 is 2.35 bits per heavy atom. The Morgan fingerprint density at radius 1 is 1.10 bits per heavy atom. The highest BCUT2D eigenvalue weighted by molar-refractivity contribution is 6.01. The van der Waals surface area contributed by atoms with Crippen molar-refractivity contribution >= 4 is 5.78 Å². The van der Waals surface area contributed by atoms with E-state index in [0.29, 0.717) is 6.42 Å². The van der Waals surface area contributed by atoms with Crippen molar-refractivity contribution in [2.24, 2.45) is 0 Å². The number of halogens is 2. The van der Waals surface area contributed by atoms with Crippen LogP contribution in [0, 0.1) is 18.6 Å². The maximum absolute atomic E-state index is 13.8. The average Bonchev–Trinajstić information content (AvgIpc) is 2.44. The summed E-state index contributed by atoms with van der Waals surface area (Å²) in [6.45, 7) is 3.40. The third-order valence-electron chi connectivity index (χ3n) is 3.44. The van der Waals surface area contributed by atoms with Gasteiger partial charge in [0.05, 0.1) is 5.56 Å². The Labute approximate surface area is 117 Å². The van der Waals surface area contributed by atoms with Crippen molar-refractivity contribution < 1.29 is 13.6 Å². The number of Topliss-reactive ketones (excluding diaryl/α,β-unsaturated/α-hetero) is 1. The van der Waals surface area contributed by atoms with Gasteiger partial charge in [0.15, 0.2) is 5.78 Å². The fraction of sp³-hybridized carbons (Fsp3) is 0.235. The van der Waals surface area contributed by atoms with Crippen LogP contribution in [0.25, 0.3) is 0 Å². The minimum atomic E-state index is -0.799. The molecule has 2 rings (SSSR count). The normalized spacial score (nSPS) is 12.2. The highest BCUT2D eigenvalue weighted by Crippen LogP contribution is 2.26. The van der Waals surface area contributed by atoms with E-state index >= 15 is 0 Å². The monoisotopic (exact) mass is 274 g/mol. The number of benzene rings is 2. The molecule has 0 heterocycles. The number of ketones is 1. The van der Waals surface area contributed by atoms with Crippen LogP contribution in [0.15, 0.2) is 42.5 Å². The lowest BCUT2D eigenvalue weighted by molar-refractivity contribution is 0.0953. The molecule has 0 aliphatic carbocycles. The summed E-state index contributed by atoms with van der Waals surface area (Å²) in [5.41, 5.74) is 1.08. The van der Waals surface area contributed by atoms with Crippen LogP contribution in [-0.2, 0) is 0 Å². The molecule has 0 saturated heterocycles. The number of aryl methyl sites for hydroxylation is 1. The zero-order valence-corrected chi connectivity index (χ0v) is 11.5. The van der Waals surface area contributed by atoms with Gasteiger partial charge in [0.25, 0.3) is 0 Å². The fourth-order valence-electron chi connectivity index (χ4n) is 2.29. The van der Waals surface area contributed by atoms with Crippen LogP contribution in [-0.4, -0.2) is 5.78 Å². The quantitative estimate of drug-likeness (QED) is 0.742. The number of carbonyl (C=O) groups is 1. The SMILES string of the molecule is CCC(C(=O)c1cc(C)c(F)cc1F)c1ccccc1. The molecule has 0 spiro atoms. The van der Waals surface area contributed by atoms with Gasteiger partial charge in [0.2, 0.25) is 0 Å². The third kappa shape index (κ3) is 2.77. The molecule has 3 heteroatoms. The van der Waals surface area contributed by atoms with Crippen LogP contribution in [0.2, 0.25) is 0 Å². The molecule has 2 aromatic rings. The lowest BCUT2D eigenvalue weighted by Crippen LogP contribution is -2.14. The first-order valence-electron chi connectivity index (χ1n) is 6.59. The Bertz CT molecular complexity index is 620. The number of carbonyl (C=O) groups excluding carboxylic acids is 1. The van der Waals surface area contributed by atoms with Gasteiger partial charge in [-0.1, -0.05) is 37.3 Å². The molecule has 0 N–H and O–H groups in total. The maximum atomic E-state index is 13.8. The van der Waals surface area contributed by atoms with Gasteiger partial charge in [0.1, 0.15) is 11.6 Å². The lowest BCUT2D eigenvalue weighted by Gasteiger charge is -2.15. The van der Waals surface area contributed by atoms with Crippen LogP contribution in [0.4, 0.5) is 8.78 Å². The zero-order chi connectivity index (χ0) is 14.7. The summed E-state index contributed by atoms with van der Waals surface area (Å²) < 4.78 is 27.1. The second-order valence-corrected chi connectivity index (χ2v) is 4.82. The minimum Gasteiger partial charge on any atom is -0.293 e. The molecule has 1 atom stereocenters. The van der Waals surface area contributed by atoms with E-state index in [-0.39, 0.29) is 16.9 Å². The van der Waals surface area contributed by atoms with Crippen LogP contribution in [0.3, 0.4) is 0 Å². The van der Waals surface area contributed by atoms with Gasteiger partial charge in [0, 0.05) is 12.0 Å². The summed E-state index contributed by atoms with van der Waals surface area (Å²) in [6, 6.07) is 11.3. The van der Waals surface area contributed by atoms with Crippen molar-refractivity contribution in [3.05, 3.63) is 70.8 Å². The third-order valence-corrected chi connectivity index (χ3v) is 3.44. The van der Waals surface area contributed by atoms with Crippen molar-refractivity contribution in [2.75, 3.05) is 0 Å². The smallest absolute Gasteiger partial charge is 0.173 e. The van der Waals surface area contributed by atoms with Crippen LogP contribution in [0.5, 0.6) is 0 Å². The molecule has 0 fully saturated rings. The molecule has 0 aliphatic heterocycles. The predicted molar refractivity (Wildman–Crippen MR) is 74.9 cm³/mol. The van der Waals surface area contributed by atoms with E-state index in [2.05, 4.69) is 0 Å². The second kappa shape index (κ2) is 5.95. The Hall–Kier alpha value is -2.03. The zero-order valence-electron chi connectivity index (χ0n) is 11.5. The van der Waals surface area contributed by atoms with E-state index in [1.54, 1.807) is 0 Å². The van der Waals surface area contributed by atoms with E-state index in [0.717, 1.165) is 11.6 Å². The van der Waals surface area contributed by atoms with Crippen LogP contribution >= 0.6 is 0 Å². The number of rotatable bonds is 4. The lowest BCUT2D eigenvalue weighted by atomic mass is 9.88. The number of hydrogen-bond acceptors (Lipinski definition) is 1. The standard InChI is InChI=1S/C17H16F2O/c1-3-13(12-7-5-4-6-8-12)17(20)14-9-11(2)15(18)10-16(14)19/h4-10,13H,3H2,1-2H3.